The number of benzene rings is 4. The second-order valence-corrected chi connectivity index (χ2v) is 24.6. The fraction of sp³-hybridized carbons (Fsp3) is 0.559. The van der Waals surface area contributed by atoms with E-state index in [1.165, 1.54) is 69.8 Å². The molecule has 4 aromatic carbocycles. The van der Waals surface area contributed by atoms with Crippen LogP contribution in [0.2, 0.25) is 0 Å². The maximum atomic E-state index is 13.8. The Morgan fingerprint density at radius 2 is 1.04 bits per heavy atom. The van der Waals surface area contributed by atoms with E-state index >= 15 is 0 Å². The summed E-state index contributed by atoms with van der Waals surface area (Å²) in [6.45, 7) is 17.1. The van der Waals surface area contributed by atoms with Crippen molar-refractivity contribution in [3.63, 3.8) is 0 Å². The predicted octanol–water partition coefficient (Wildman–Crippen LogP) is 10.9. The Hall–Kier alpha value is -4.55. The van der Waals surface area contributed by atoms with Gasteiger partial charge in [0.1, 0.15) is 37.8 Å². The smallest absolute Gasteiger partial charge is 0.312 e. The molecular formula is C59H76O10S. The van der Waals surface area contributed by atoms with Crippen LogP contribution < -0.4 is 4.74 Å². The summed E-state index contributed by atoms with van der Waals surface area (Å²) in [5.41, 5.74) is 7.37. The second-order valence-electron chi connectivity index (χ2n) is 22.7. The lowest BCUT2D eigenvalue weighted by Crippen LogP contribution is -2.53. The molecule has 11 heteroatoms. The summed E-state index contributed by atoms with van der Waals surface area (Å²) in [5.74, 6) is 1.03. The number of rotatable bonds is 17. The Kier molecular flexibility index (Phi) is 15.2. The first kappa shape index (κ1) is 51.8. The van der Waals surface area contributed by atoms with Gasteiger partial charge in [-0.25, -0.2) is 8.42 Å². The number of hydrogen-bond acceptors (Lipinski definition) is 10. The summed E-state index contributed by atoms with van der Waals surface area (Å²) in [6, 6.07) is 26.1. The first-order chi connectivity index (χ1) is 33.2. The highest BCUT2D eigenvalue weighted by Crippen LogP contribution is 2.59. The monoisotopic (exact) mass is 977 g/mol. The number of hydrogen-bond donors (Lipinski definition) is 2. The molecule has 4 aromatic rings. The highest BCUT2D eigenvalue weighted by molar-refractivity contribution is 7.91. The van der Waals surface area contributed by atoms with Gasteiger partial charge >= 0.3 is 11.9 Å². The lowest BCUT2D eigenvalue weighted by molar-refractivity contribution is -0.169. The summed E-state index contributed by atoms with van der Waals surface area (Å²) in [7, 11) is -3.86. The minimum atomic E-state index is -3.86. The van der Waals surface area contributed by atoms with Crippen molar-refractivity contribution in [3.8, 4) is 5.75 Å². The van der Waals surface area contributed by atoms with Crippen molar-refractivity contribution in [1.29, 1.82) is 0 Å². The lowest BCUT2D eigenvalue weighted by Gasteiger charge is -2.54. The number of fused-ring (bicyclic) bond motifs is 6. The zero-order chi connectivity index (χ0) is 50.2. The first-order valence-corrected chi connectivity index (χ1v) is 27.3. The van der Waals surface area contributed by atoms with Crippen LogP contribution in [0.3, 0.4) is 0 Å². The van der Waals surface area contributed by atoms with Crippen molar-refractivity contribution in [2.75, 3.05) is 26.4 Å². The maximum absolute atomic E-state index is 13.8. The molecule has 4 aliphatic rings. The van der Waals surface area contributed by atoms with Gasteiger partial charge in [-0.05, 0) is 175 Å². The van der Waals surface area contributed by atoms with Crippen LogP contribution in [0.25, 0.3) is 0 Å². The normalized spacial score (nSPS) is 27.1. The Labute approximate surface area is 416 Å². The second kappa shape index (κ2) is 20.5. The quantitative estimate of drug-likeness (QED) is 0.0981. The van der Waals surface area contributed by atoms with Crippen molar-refractivity contribution in [2.45, 2.75) is 171 Å². The van der Waals surface area contributed by atoms with Crippen LogP contribution in [0, 0.1) is 22.7 Å². The highest BCUT2D eigenvalue weighted by Gasteiger charge is 2.57. The molecule has 0 saturated heterocycles. The molecule has 70 heavy (non-hydrogen) atoms. The maximum Gasteiger partial charge on any atom is 0.312 e. The number of carbonyl (C=O) groups is 2. The Bertz CT molecular complexity index is 2620. The zero-order valence-corrected chi connectivity index (χ0v) is 43.5. The predicted molar refractivity (Wildman–Crippen MR) is 271 cm³/mol. The van der Waals surface area contributed by atoms with Crippen LogP contribution >= 0.6 is 0 Å². The Morgan fingerprint density at radius 3 is 1.50 bits per heavy atom. The molecule has 0 aromatic heterocycles. The van der Waals surface area contributed by atoms with Gasteiger partial charge in [-0.2, -0.15) is 0 Å². The first-order valence-electron chi connectivity index (χ1n) is 25.8. The molecule has 0 aliphatic heterocycles. The van der Waals surface area contributed by atoms with E-state index in [9.17, 15) is 28.2 Å². The average Bonchev–Trinajstić information content (AvgIpc) is 3.34. The summed E-state index contributed by atoms with van der Waals surface area (Å²) in [6.07, 6.45) is 7.05. The number of carbonyl (C=O) groups excluding carboxylic acids is 2. The number of aliphatic hydroxyl groups is 2. The van der Waals surface area contributed by atoms with Crippen molar-refractivity contribution in [1.82, 2.24) is 0 Å². The molecule has 378 valence electrons. The lowest BCUT2D eigenvalue weighted by atomic mass is 9.49. The fourth-order valence-corrected chi connectivity index (χ4v) is 14.4. The number of aliphatic hydroxyl groups excluding tert-OH is 2. The van der Waals surface area contributed by atoms with Crippen LogP contribution in [0.15, 0.2) is 94.7 Å². The van der Waals surface area contributed by atoms with Crippen LogP contribution in [-0.2, 0) is 63.9 Å². The summed E-state index contributed by atoms with van der Waals surface area (Å²) in [4.78, 5) is 27.8. The van der Waals surface area contributed by atoms with Crippen LogP contribution in [-0.4, -0.2) is 69.2 Å². The molecule has 2 fully saturated rings. The van der Waals surface area contributed by atoms with Gasteiger partial charge in [-0.1, -0.05) is 103 Å². The number of ether oxygens (including phenoxy) is 4. The minimum absolute atomic E-state index is 0.0536. The van der Waals surface area contributed by atoms with E-state index in [0.29, 0.717) is 17.6 Å². The summed E-state index contributed by atoms with van der Waals surface area (Å²) < 4.78 is 50.3. The number of aryl methyl sites for hydroxylation is 2. The zero-order valence-electron chi connectivity index (χ0n) is 42.7. The fourth-order valence-electron chi connectivity index (χ4n) is 13.1. The van der Waals surface area contributed by atoms with E-state index in [2.05, 4.69) is 77.9 Å². The SMILES string of the molecule is CC(C)c1ccc2c(c1)CCC1C(C)(C(=O)OCC(O)COCc3ccc(S(=O)(=O)c4ccc(OCC(O)COC(=O)C5(C)CCCC6(C)c7ccc(C(C)C)cc7CCC56)cc4)cc3)CCCC21C. The molecule has 0 heterocycles. The van der Waals surface area contributed by atoms with Crippen molar-refractivity contribution < 1.29 is 47.2 Å². The summed E-state index contributed by atoms with van der Waals surface area (Å²) in [5, 5.41) is 21.6. The van der Waals surface area contributed by atoms with Gasteiger partial charge in [0.05, 0.1) is 33.8 Å². The van der Waals surface area contributed by atoms with Crippen LogP contribution in [0.5, 0.6) is 5.75 Å². The molecule has 2 saturated carbocycles. The van der Waals surface area contributed by atoms with Gasteiger partial charge in [-0.3, -0.25) is 9.59 Å². The third-order valence-electron chi connectivity index (χ3n) is 17.2. The molecule has 0 spiro atoms. The van der Waals surface area contributed by atoms with Gasteiger partial charge < -0.3 is 29.2 Å². The van der Waals surface area contributed by atoms with Gasteiger partial charge in [0.2, 0.25) is 9.84 Å². The molecule has 0 bridgehead atoms. The third kappa shape index (κ3) is 10.1. The molecule has 4 aliphatic carbocycles. The molecule has 8 unspecified atom stereocenters. The standard InChI is InChI=1S/C59H76O10S/c1-38(2)41-13-23-50-43(31-41)15-25-52-56(50,5)27-9-29-58(52,7)54(62)68-36-45(60)34-66-33-40-11-19-48(20-12-40)70(64,65)49-21-17-47(18-22-49)67-35-46(61)37-69-55(63)59(8)30-10-28-57(6)51-24-14-42(39(3)4)32-44(51)16-26-53(57)59/h11-14,17-24,31-32,38-39,45-46,52-53,60-61H,9-10,15-16,25-30,33-37H2,1-8H3. The third-order valence-corrected chi connectivity index (χ3v) is 19.0. The number of sulfone groups is 1. The van der Waals surface area contributed by atoms with E-state index in [0.717, 1.165) is 69.8 Å². The minimum Gasteiger partial charge on any atom is -0.491 e. The van der Waals surface area contributed by atoms with E-state index in [1.807, 2.05) is 13.8 Å². The molecule has 0 amide bonds. The topological polar surface area (TPSA) is 146 Å². The van der Waals surface area contributed by atoms with E-state index in [4.69, 9.17) is 18.9 Å². The molecule has 0 radical (unpaired) electrons. The van der Waals surface area contributed by atoms with Crippen LogP contribution in [0.1, 0.15) is 158 Å². The molecule has 8 atom stereocenters. The Morgan fingerprint density at radius 1 is 0.600 bits per heavy atom. The van der Waals surface area contributed by atoms with Crippen LogP contribution in [0.4, 0.5) is 0 Å². The molecule has 2 N–H and O–H groups in total. The highest BCUT2D eigenvalue weighted by atomic mass is 32.2. The molecular weight excluding hydrogens is 901 g/mol. The summed E-state index contributed by atoms with van der Waals surface area (Å²) >= 11 is 0. The van der Waals surface area contributed by atoms with E-state index in [-0.39, 0.29) is 77.4 Å². The van der Waals surface area contributed by atoms with Crippen molar-refractivity contribution >= 4 is 21.8 Å². The number of esters is 2. The average molecular weight is 977 g/mol. The largest absolute Gasteiger partial charge is 0.491 e. The molecule has 8 rings (SSSR count). The molecule has 10 nitrogen and oxygen atoms in total. The van der Waals surface area contributed by atoms with E-state index in [1.54, 1.807) is 12.1 Å². The van der Waals surface area contributed by atoms with Crippen molar-refractivity contribution in [2.24, 2.45) is 22.7 Å². The van der Waals surface area contributed by atoms with Gasteiger partial charge in [0.15, 0.2) is 0 Å². The van der Waals surface area contributed by atoms with Gasteiger partial charge in [0, 0.05) is 0 Å². The van der Waals surface area contributed by atoms with E-state index < -0.39 is 32.9 Å². The Balaban J connectivity index is 0.769. The van der Waals surface area contributed by atoms with Gasteiger partial charge in [0.25, 0.3) is 0 Å². The van der Waals surface area contributed by atoms with Gasteiger partial charge in [-0.15, -0.1) is 0 Å². The van der Waals surface area contributed by atoms with Crippen molar-refractivity contribution in [3.05, 3.63) is 124 Å².